The molecule has 1 aromatic heterocycles. The number of benzene rings is 1. The maximum absolute atomic E-state index is 12.1. The molecule has 0 aliphatic heterocycles. The quantitative estimate of drug-likeness (QED) is 0.783. The summed E-state index contributed by atoms with van der Waals surface area (Å²) in [5.41, 5.74) is 2.68. The van der Waals surface area contributed by atoms with Crippen molar-refractivity contribution in [3.8, 4) is 0 Å². The number of sulfonamides is 1. The van der Waals surface area contributed by atoms with Gasteiger partial charge in [-0.25, -0.2) is 8.42 Å². The summed E-state index contributed by atoms with van der Waals surface area (Å²) in [5, 5.41) is 2.79. The van der Waals surface area contributed by atoms with Crippen LogP contribution in [0.4, 0.5) is 5.69 Å². The van der Waals surface area contributed by atoms with Gasteiger partial charge < -0.3 is 5.32 Å². The summed E-state index contributed by atoms with van der Waals surface area (Å²) in [7, 11) is -3.42. The van der Waals surface area contributed by atoms with E-state index >= 15 is 0 Å². The van der Waals surface area contributed by atoms with Crippen molar-refractivity contribution in [1.82, 2.24) is 9.29 Å². The molecule has 6 nitrogen and oxygen atoms in total. The van der Waals surface area contributed by atoms with Crippen LogP contribution in [-0.4, -0.2) is 36.4 Å². The monoisotopic (exact) mass is 361 g/mol. The highest BCUT2D eigenvalue weighted by molar-refractivity contribution is 7.88. The van der Waals surface area contributed by atoms with Crippen molar-refractivity contribution in [1.29, 1.82) is 0 Å². The molecule has 0 bridgehead atoms. The van der Waals surface area contributed by atoms with Gasteiger partial charge in [0.2, 0.25) is 15.9 Å². The Hall–Kier alpha value is -2.25. The fraction of sp³-hybridized carbons (Fsp3) is 0.333. The van der Waals surface area contributed by atoms with Crippen molar-refractivity contribution in [2.24, 2.45) is 0 Å². The molecule has 0 fully saturated rings. The summed E-state index contributed by atoms with van der Waals surface area (Å²) in [6, 6.07) is 11.2. The summed E-state index contributed by atoms with van der Waals surface area (Å²) in [6.45, 7) is 2.38. The van der Waals surface area contributed by atoms with Gasteiger partial charge in [0.25, 0.3) is 0 Å². The molecule has 1 aromatic carbocycles. The first kappa shape index (κ1) is 19.1. The Morgan fingerprint density at radius 2 is 1.88 bits per heavy atom. The standard InChI is InChI=1S/C18H23N3O3S/c1-3-15-6-8-17(9-7-15)20-18(22)10-12-21(25(2,23)24)14-16-5-4-11-19-13-16/h4-9,11,13H,3,10,12,14H2,1-2H3,(H,20,22). The highest BCUT2D eigenvalue weighted by atomic mass is 32.2. The van der Waals surface area contributed by atoms with E-state index in [1.54, 1.807) is 24.5 Å². The molecule has 1 N–H and O–H groups in total. The molecule has 2 rings (SSSR count). The number of hydrogen-bond acceptors (Lipinski definition) is 4. The van der Waals surface area contributed by atoms with E-state index in [1.165, 1.54) is 9.87 Å². The van der Waals surface area contributed by atoms with E-state index in [0.717, 1.165) is 18.2 Å². The van der Waals surface area contributed by atoms with Gasteiger partial charge in [-0.1, -0.05) is 25.1 Å². The number of aromatic nitrogens is 1. The molecule has 1 heterocycles. The zero-order valence-electron chi connectivity index (χ0n) is 14.5. The van der Waals surface area contributed by atoms with E-state index in [-0.39, 0.29) is 25.4 Å². The highest BCUT2D eigenvalue weighted by Gasteiger charge is 2.18. The Labute approximate surface area is 148 Å². The van der Waals surface area contributed by atoms with Gasteiger partial charge in [-0.2, -0.15) is 4.31 Å². The third kappa shape index (κ3) is 6.28. The van der Waals surface area contributed by atoms with Crippen molar-refractivity contribution >= 4 is 21.6 Å². The highest BCUT2D eigenvalue weighted by Crippen LogP contribution is 2.12. The lowest BCUT2D eigenvalue weighted by atomic mass is 10.1. The normalized spacial score (nSPS) is 11.5. The number of nitrogens with one attached hydrogen (secondary N) is 1. The summed E-state index contributed by atoms with van der Waals surface area (Å²) < 4.78 is 25.2. The van der Waals surface area contributed by atoms with Gasteiger partial charge in [0.1, 0.15) is 0 Å². The van der Waals surface area contributed by atoms with Crippen LogP contribution in [0.3, 0.4) is 0 Å². The molecule has 0 radical (unpaired) electrons. The number of anilines is 1. The average molecular weight is 361 g/mol. The number of hydrogen-bond donors (Lipinski definition) is 1. The molecule has 134 valence electrons. The maximum Gasteiger partial charge on any atom is 0.225 e. The van der Waals surface area contributed by atoms with Crippen LogP contribution in [-0.2, 0) is 27.8 Å². The van der Waals surface area contributed by atoms with Crippen LogP contribution in [0.2, 0.25) is 0 Å². The summed E-state index contributed by atoms with van der Waals surface area (Å²) in [6.07, 6.45) is 5.42. The predicted molar refractivity (Wildman–Crippen MR) is 98.6 cm³/mol. The van der Waals surface area contributed by atoms with Crippen LogP contribution >= 0.6 is 0 Å². The maximum atomic E-state index is 12.1. The molecule has 25 heavy (non-hydrogen) atoms. The Kier molecular flexibility index (Phi) is 6.66. The lowest BCUT2D eigenvalue weighted by molar-refractivity contribution is -0.116. The topological polar surface area (TPSA) is 79.4 Å². The molecule has 0 saturated carbocycles. The molecular formula is C18H23N3O3S. The molecule has 0 spiro atoms. The minimum Gasteiger partial charge on any atom is -0.326 e. The largest absolute Gasteiger partial charge is 0.326 e. The smallest absolute Gasteiger partial charge is 0.225 e. The van der Waals surface area contributed by atoms with E-state index in [9.17, 15) is 13.2 Å². The van der Waals surface area contributed by atoms with Crippen LogP contribution in [0.25, 0.3) is 0 Å². The second-order valence-corrected chi connectivity index (χ2v) is 7.79. The summed E-state index contributed by atoms with van der Waals surface area (Å²) in [4.78, 5) is 16.1. The zero-order valence-corrected chi connectivity index (χ0v) is 15.3. The molecule has 0 unspecified atom stereocenters. The number of nitrogens with zero attached hydrogens (tertiary/aromatic N) is 2. The Balaban J connectivity index is 1.93. The Morgan fingerprint density at radius 1 is 1.16 bits per heavy atom. The first-order valence-electron chi connectivity index (χ1n) is 8.11. The molecule has 1 amide bonds. The fourth-order valence-electron chi connectivity index (χ4n) is 2.33. The molecule has 0 aliphatic carbocycles. The minimum atomic E-state index is -3.42. The Bertz CT molecular complexity index is 790. The minimum absolute atomic E-state index is 0.0862. The molecular weight excluding hydrogens is 338 g/mol. The molecule has 0 atom stereocenters. The summed E-state index contributed by atoms with van der Waals surface area (Å²) >= 11 is 0. The van der Waals surface area contributed by atoms with Gasteiger partial charge in [0.15, 0.2) is 0 Å². The number of pyridine rings is 1. The number of rotatable bonds is 8. The molecule has 0 aliphatic rings. The van der Waals surface area contributed by atoms with Crippen LogP contribution < -0.4 is 5.32 Å². The predicted octanol–water partition coefficient (Wildman–Crippen LogP) is 2.43. The van der Waals surface area contributed by atoms with Gasteiger partial charge >= 0.3 is 0 Å². The first-order valence-corrected chi connectivity index (χ1v) is 9.96. The zero-order chi connectivity index (χ0) is 18.3. The average Bonchev–Trinajstić information content (AvgIpc) is 2.59. The van der Waals surface area contributed by atoms with Crippen molar-refractivity contribution in [2.75, 3.05) is 18.1 Å². The first-order chi connectivity index (χ1) is 11.9. The van der Waals surface area contributed by atoms with E-state index in [4.69, 9.17) is 0 Å². The van der Waals surface area contributed by atoms with E-state index < -0.39 is 10.0 Å². The van der Waals surface area contributed by atoms with Gasteiger partial charge in [-0.3, -0.25) is 9.78 Å². The SMILES string of the molecule is CCc1ccc(NC(=O)CCN(Cc2cccnc2)S(C)(=O)=O)cc1. The number of carbonyl (C=O) groups excluding carboxylic acids is 1. The van der Waals surface area contributed by atoms with Crippen molar-refractivity contribution in [3.63, 3.8) is 0 Å². The van der Waals surface area contributed by atoms with Crippen LogP contribution in [0.1, 0.15) is 24.5 Å². The van der Waals surface area contributed by atoms with E-state index in [1.807, 2.05) is 24.3 Å². The van der Waals surface area contributed by atoms with Crippen LogP contribution in [0.15, 0.2) is 48.8 Å². The van der Waals surface area contributed by atoms with Crippen molar-refractivity contribution in [3.05, 3.63) is 59.9 Å². The molecule has 7 heteroatoms. The van der Waals surface area contributed by atoms with Crippen molar-refractivity contribution in [2.45, 2.75) is 26.3 Å². The van der Waals surface area contributed by atoms with Crippen LogP contribution in [0.5, 0.6) is 0 Å². The van der Waals surface area contributed by atoms with Crippen molar-refractivity contribution < 1.29 is 13.2 Å². The summed E-state index contributed by atoms with van der Waals surface area (Å²) in [5.74, 6) is -0.218. The fourth-order valence-corrected chi connectivity index (χ4v) is 3.14. The molecule has 0 saturated heterocycles. The van der Waals surface area contributed by atoms with E-state index in [0.29, 0.717) is 5.69 Å². The Morgan fingerprint density at radius 3 is 2.44 bits per heavy atom. The lowest BCUT2D eigenvalue weighted by Gasteiger charge is -2.19. The van der Waals surface area contributed by atoms with Gasteiger partial charge in [-0.05, 0) is 35.7 Å². The third-order valence-corrected chi connectivity index (χ3v) is 5.03. The number of amides is 1. The van der Waals surface area contributed by atoms with Gasteiger partial charge in [0.05, 0.1) is 6.26 Å². The van der Waals surface area contributed by atoms with E-state index in [2.05, 4.69) is 17.2 Å². The second-order valence-electron chi connectivity index (χ2n) is 5.81. The van der Waals surface area contributed by atoms with Crippen LogP contribution in [0, 0.1) is 0 Å². The van der Waals surface area contributed by atoms with Gasteiger partial charge in [-0.15, -0.1) is 0 Å². The second kappa shape index (κ2) is 8.73. The van der Waals surface area contributed by atoms with Gasteiger partial charge in [0, 0.05) is 37.6 Å². The number of carbonyl (C=O) groups is 1. The molecule has 2 aromatic rings. The number of aryl methyl sites for hydroxylation is 1. The third-order valence-electron chi connectivity index (χ3n) is 3.78. The lowest BCUT2D eigenvalue weighted by Crippen LogP contribution is -2.32.